The molecule has 0 radical (unpaired) electrons. The van der Waals surface area contributed by atoms with Crippen molar-refractivity contribution in [3.8, 4) is 0 Å². The van der Waals surface area contributed by atoms with E-state index in [9.17, 15) is 18.8 Å². The number of nitrogens with one attached hydrogen (secondary N) is 2. The van der Waals surface area contributed by atoms with Crippen molar-refractivity contribution in [2.24, 2.45) is 10.4 Å². The van der Waals surface area contributed by atoms with Crippen LogP contribution in [0.2, 0.25) is 0 Å². The van der Waals surface area contributed by atoms with E-state index in [0.29, 0.717) is 4.80 Å². The molecule has 0 bridgehead atoms. The van der Waals surface area contributed by atoms with Gasteiger partial charge in [0.1, 0.15) is 11.9 Å². The van der Waals surface area contributed by atoms with Crippen molar-refractivity contribution in [2.75, 3.05) is 11.9 Å². The predicted molar refractivity (Wildman–Crippen MR) is 118 cm³/mol. The van der Waals surface area contributed by atoms with E-state index >= 15 is 0 Å². The smallest absolute Gasteiger partial charge is 0.324 e. The molecule has 0 saturated carbocycles. The summed E-state index contributed by atoms with van der Waals surface area (Å²) in [6.45, 7) is 6.46. The molecule has 1 atom stereocenters. The molecule has 1 aliphatic rings. The van der Waals surface area contributed by atoms with Crippen molar-refractivity contribution in [3.05, 3.63) is 46.0 Å². The molecular formula is C22H27FN4O4S. The summed E-state index contributed by atoms with van der Waals surface area (Å²) in [7, 11) is 0. The van der Waals surface area contributed by atoms with Crippen molar-refractivity contribution < 1.29 is 23.5 Å². The van der Waals surface area contributed by atoms with Gasteiger partial charge in [-0.15, -0.1) is 11.3 Å². The average molecular weight is 463 g/mol. The molecule has 32 heavy (non-hydrogen) atoms. The van der Waals surface area contributed by atoms with E-state index < -0.39 is 11.7 Å². The van der Waals surface area contributed by atoms with Crippen LogP contribution in [0.5, 0.6) is 0 Å². The number of benzene rings is 1. The van der Waals surface area contributed by atoms with Crippen molar-refractivity contribution in [3.63, 3.8) is 0 Å². The molecule has 0 spiro atoms. The zero-order valence-electron chi connectivity index (χ0n) is 18.3. The highest BCUT2D eigenvalue weighted by Gasteiger charge is 2.23. The van der Waals surface area contributed by atoms with Gasteiger partial charge in [-0.05, 0) is 43.0 Å². The van der Waals surface area contributed by atoms with E-state index in [1.807, 2.05) is 20.8 Å². The molecule has 8 nitrogen and oxygen atoms in total. The molecule has 1 aliphatic heterocycles. The van der Waals surface area contributed by atoms with Crippen molar-refractivity contribution in [1.82, 2.24) is 9.88 Å². The van der Waals surface area contributed by atoms with E-state index in [1.165, 1.54) is 28.0 Å². The number of amides is 2. The first kappa shape index (κ1) is 23.8. The first-order chi connectivity index (χ1) is 15.1. The van der Waals surface area contributed by atoms with Crippen LogP contribution in [0.3, 0.4) is 0 Å². The zero-order valence-corrected chi connectivity index (χ0v) is 19.1. The lowest BCUT2D eigenvalue weighted by Gasteiger charge is -2.17. The molecule has 2 aromatic rings. The van der Waals surface area contributed by atoms with Gasteiger partial charge < -0.3 is 15.4 Å². The number of ether oxygens (including phenoxy) is 1. The second kappa shape index (κ2) is 10.2. The monoisotopic (exact) mass is 462 g/mol. The number of aromatic nitrogens is 1. The maximum Gasteiger partial charge on any atom is 0.324 e. The first-order valence-corrected chi connectivity index (χ1v) is 11.2. The average Bonchev–Trinajstić information content (AvgIpc) is 3.38. The molecule has 2 heterocycles. The standard InChI is InChI=1S/C22H27FN4O4S/c1-22(2,3)12-18(28)25-16-7-6-14(11-15(16)23)19(29)26-21-27(9-10-32-21)13-31-20(30)17-5-4-8-24-17/h6-7,9-11,17,24H,4-5,8,12-13H2,1-3H3,(H,25,28)/t17-/m0/s1. The van der Waals surface area contributed by atoms with E-state index in [0.717, 1.165) is 25.5 Å². The van der Waals surface area contributed by atoms with Crippen LogP contribution in [0.15, 0.2) is 34.8 Å². The number of esters is 1. The third-order valence-electron chi connectivity index (χ3n) is 4.73. The fourth-order valence-corrected chi connectivity index (χ4v) is 3.90. The Labute approximate surface area is 189 Å². The fraction of sp³-hybridized carbons (Fsp3) is 0.455. The second-order valence-electron chi connectivity index (χ2n) is 8.79. The third-order valence-corrected chi connectivity index (χ3v) is 5.52. The lowest BCUT2D eigenvalue weighted by Crippen LogP contribution is -2.33. The van der Waals surface area contributed by atoms with E-state index in [-0.39, 0.29) is 47.7 Å². The Morgan fingerprint density at radius 1 is 1.34 bits per heavy atom. The Bertz CT molecular complexity index is 1060. The number of hydrogen-bond acceptors (Lipinski definition) is 6. The van der Waals surface area contributed by atoms with Gasteiger partial charge in [0, 0.05) is 23.6 Å². The van der Waals surface area contributed by atoms with Crippen molar-refractivity contribution in [2.45, 2.75) is 52.8 Å². The Morgan fingerprint density at radius 2 is 2.12 bits per heavy atom. The largest absolute Gasteiger partial charge is 0.443 e. The molecule has 10 heteroatoms. The molecule has 1 fully saturated rings. The number of hydrogen-bond donors (Lipinski definition) is 2. The molecule has 1 aromatic carbocycles. The third kappa shape index (κ3) is 6.57. The summed E-state index contributed by atoms with van der Waals surface area (Å²) >= 11 is 1.20. The number of carbonyl (C=O) groups excluding carboxylic acids is 3. The minimum atomic E-state index is -0.717. The van der Waals surface area contributed by atoms with Crippen molar-refractivity contribution in [1.29, 1.82) is 0 Å². The molecule has 0 unspecified atom stereocenters. The predicted octanol–water partition coefficient (Wildman–Crippen LogP) is 3.06. The first-order valence-electron chi connectivity index (χ1n) is 10.3. The van der Waals surface area contributed by atoms with Gasteiger partial charge in [0.2, 0.25) is 5.91 Å². The van der Waals surface area contributed by atoms with Crippen molar-refractivity contribution >= 4 is 34.8 Å². The maximum absolute atomic E-state index is 14.4. The van der Waals surface area contributed by atoms with Crippen LogP contribution in [0.1, 0.15) is 50.4 Å². The number of carbonyl (C=O) groups is 3. The number of nitrogens with zero attached hydrogens (tertiary/aromatic N) is 2. The van der Waals surface area contributed by atoms with Crippen LogP contribution in [-0.2, 0) is 21.1 Å². The van der Waals surface area contributed by atoms with Crippen LogP contribution in [0.4, 0.5) is 10.1 Å². The van der Waals surface area contributed by atoms with Crippen LogP contribution < -0.4 is 15.4 Å². The topological polar surface area (TPSA) is 102 Å². The van der Waals surface area contributed by atoms with E-state index in [2.05, 4.69) is 15.6 Å². The molecule has 172 valence electrons. The summed E-state index contributed by atoms with van der Waals surface area (Å²) < 4.78 is 21.3. The highest BCUT2D eigenvalue weighted by atomic mass is 32.1. The van der Waals surface area contributed by atoms with Gasteiger partial charge in [0.25, 0.3) is 5.91 Å². The lowest BCUT2D eigenvalue weighted by molar-refractivity contribution is -0.149. The van der Waals surface area contributed by atoms with E-state index in [4.69, 9.17) is 4.74 Å². The molecule has 1 aromatic heterocycles. The Balaban J connectivity index is 1.66. The Hall–Kier alpha value is -2.85. The number of halogens is 1. The Kier molecular flexibility index (Phi) is 7.57. The highest BCUT2D eigenvalue weighted by Crippen LogP contribution is 2.21. The van der Waals surface area contributed by atoms with Crippen LogP contribution in [0.25, 0.3) is 0 Å². The SMILES string of the molecule is CC(C)(C)CC(=O)Nc1ccc(C(=O)N=c2sccn2COC(=O)[C@@H]2CCCN2)cc1F. The summed E-state index contributed by atoms with van der Waals surface area (Å²) in [5, 5.41) is 7.30. The van der Waals surface area contributed by atoms with E-state index in [1.54, 1.807) is 11.6 Å². The molecule has 2 amide bonds. The summed E-state index contributed by atoms with van der Waals surface area (Å²) in [6.07, 6.45) is 3.56. The maximum atomic E-state index is 14.4. The second-order valence-corrected chi connectivity index (χ2v) is 9.67. The fourth-order valence-electron chi connectivity index (χ4n) is 3.18. The van der Waals surface area contributed by atoms with Gasteiger partial charge in [-0.3, -0.25) is 19.0 Å². The Morgan fingerprint density at radius 3 is 2.78 bits per heavy atom. The summed E-state index contributed by atoms with van der Waals surface area (Å²) in [5.41, 5.74) is -0.175. The minimum absolute atomic E-state index is 0.00872. The summed E-state index contributed by atoms with van der Waals surface area (Å²) in [6, 6.07) is 3.49. The number of thiazole rings is 1. The number of rotatable bonds is 6. The van der Waals surface area contributed by atoms with Gasteiger partial charge in [-0.25, -0.2) is 4.39 Å². The van der Waals surface area contributed by atoms with Crippen LogP contribution in [0, 0.1) is 11.2 Å². The van der Waals surface area contributed by atoms with Gasteiger partial charge in [0.15, 0.2) is 11.5 Å². The normalized spacial score (nSPS) is 16.8. The highest BCUT2D eigenvalue weighted by molar-refractivity contribution is 7.07. The summed E-state index contributed by atoms with van der Waals surface area (Å²) in [4.78, 5) is 41.0. The minimum Gasteiger partial charge on any atom is -0.443 e. The van der Waals surface area contributed by atoms with Gasteiger partial charge >= 0.3 is 5.97 Å². The number of anilines is 1. The summed E-state index contributed by atoms with van der Waals surface area (Å²) in [5.74, 6) is -2.01. The van der Waals surface area contributed by atoms with Crippen LogP contribution in [-0.4, -0.2) is 34.9 Å². The molecule has 1 saturated heterocycles. The van der Waals surface area contributed by atoms with Gasteiger partial charge in [-0.1, -0.05) is 20.8 Å². The molecular weight excluding hydrogens is 435 g/mol. The zero-order chi connectivity index (χ0) is 23.3. The van der Waals surface area contributed by atoms with Gasteiger partial charge in [0.05, 0.1) is 5.69 Å². The molecule has 3 rings (SSSR count). The molecule has 2 N–H and O–H groups in total. The quantitative estimate of drug-likeness (QED) is 0.643. The van der Waals surface area contributed by atoms with Crippen LogP contribution >= 0.6 is 11.3 Å². The van der Waals surface area contributed by atoms with Gasteiger partial charge in [-0.2, -0.15) is 4.99 Å². The lowest BCUT2D eigenvalue weighted by atomic mass is 9.92. The molecule has 0 aliphatic carbocycles.